The fraction of sp³-hybridized carbons (Fsp3) is 0.667. The topological polar surface area (TPSA) is 58.0 Å². The Kier molecular flexibility index (Phi) is 2.22. The molecule has 72 valence electrons. The molecule has 1 fully saturated rings. The number of H-pyrrole nitrogens is 1. The van der Waals surface area contributed by atoms with Crippen molar-refractivity contribution in [3.8, 4) is 0 Å². The summed E-state index contributed by atoms with van der Waals surface area (Å²) in [6.07, 6.45) is 6.15. The molecule has 0 unspecified atom stereocenters. The van der Waals surface area contributed by atoms with Gasteiger partial charge in [-0.15, -0.1) is 0 Å². The van der Waals surface area contributed by atoms with Crippen molar-refractivity contribution in [2.24, 2.45) is 0 Å². The largest absolute Gasteiger partial charge is 0.391 e. The third-order valence-electron chi connectivity index (χ3n) is 2.73. The summed E-state index contributed by atoms with van der Waals surface area (Å²) in [6, 6.07) is 0.327. The number of aliphatic hydroxyl groups excluding tert-OH is 1. The summed E-state index contributed by atoms with van der Waals surface area (Å²) in [5.74, 6) is 0. The first-order valence-electron chi connectivity index (χ1n) is 4.72. The van der Waals surface area contributed by atoms with Gasteiger partial charge in [-0.25, -0.2) is 4.68 Å². The molecular weight excluding hydrogens is 168 g/mol. The molecule has 1 heterocycles. The zero-order chi connectivity index (χ0) is 9.26. The van der Waals surface area contributed by atoms with Gasteiger partial charge in [-0.05, 0) is 12.8 Å². The predicted octanol–water partition coefficient (Wildman–Crippen LogP) is 0.784. The summed E-state index contributed by atoms with van der Waals surface area (Å²) in [6.45, 7) is -0.172. The van der Waals surface area contributed by atoms with E-state index in [2.05, 4.69) is 5.10 Å². The van der Waals surface area contributed by atoms with Gasteiger partial charge in [-0.3, -0.25) is 4.79 Å². The Hall–Kier alpha value is -1.03. The molecule has 0 amide bonds. The van der Waals surface area contributed by atoms with Gasteiger partial charge in [-0.1, -0.05) is 12.8 Å². The van der Waals surface area contributed by atoms with Gasteiger partial charge in [-0.2, -0.15) is 0 Å². The molecule has 0 radical (unpaired) electrons. The highest BCUT2D eigenvalue weighted by Gasteiger charge is 2.19. The molecule has 1 aliphatic carbocycles. The second kappa shape index (κ2) is 3.38. The molecule has 1 aromatic rings. The smallest absolute Gasteiger partial charge is 0.272 e. The third kappa shape index (κ3) is 1.42. The van der Waals surface area contributed by atoms with E-state index < -0.39 is 0 Å². The molecule has 13 heavy (non-hydrogen) atoms. The molecule has 4 nitrogen and oxygen atoms in total. The average molecular weight is 182 g/mol. The summed E-state index contributed by atoms with van der Waals surface area (Å²) in [5.41, 5.74) is 0.404. The van der Waals surface area contributed by atoms with Crippen LogP contribution in [0.1, 0.15) is 37.3 Å². The monoisotopic (exact) mass is 182 g/mol. The first-order chi connectivity index (χ1) is 6.33. The van der Waals surface area contributed by atoms with E-state index in [0.717, 1.165) is 12.8 Å². The maximum absolute atomic E-state index is 11.6. The Labute approximate surface area is 76.2 Å². The molecule has 1 aliphatic rings. The molecule has 0 aliphatic heterocycles. The number of nitrogens with one attached hydrogen (secondary N) is 1. The third-order valence-corrected chi connectivity index (χ3v) is 2.73. The first-order valence-corrected chi connectivity index (χ1v) is 4.72. The van der Waals surface area contributed by atoms with E-state index in [1.807, 2.05) is 0 Å². The SMILES string of the molecule is O=c1c(CO)c[nH]n1C1CCCC1. The molecule has 0 saturated heterocycles. The zero-order valence-electron chi connectivity index (χ0n) is 7.49. The summed E-state index contributed by atoms with van der Waals surface area (Å²) in [7, 11) is 0. The predicted molar refractivity (Wildman–Crippen MR) is 48.5 cm³/mol. The number of nitrogens with zero attached hydrogens (tertiary/aromatic N) is 1. The van der Waals surface area contributed by atoms with Crippen LogP contribution in [0.25, 0.3) is 0 Å². The van der Waals surface area contributed by atoms with Crippen LogP contribution >= 0.6 is 0 Å². The van der Waals surface area contributed by atoms with Gasteiger partial charge in [0.1, 0.15) is 0 Å². The number of aromatic nitrogens is 2. The molecule has 1 aromatic heterocycles. The maximum Gasteiger partial charge on any atom is 0.272 e. The van der Waals surface area contributed by atoms with Crippen molar-refractivity contribution in [1.29, 1.82) is 0 Å². The minimum Gasteiger partial charge on any atom is -0.391 e. The maximum atomic E-state index is 11.6. The normalized spacial score (nSPS) is 18.2. The van der Waals surface area contributed by atoms with Crippen molar-refractivity contribution in [2.75, 3.05) is 0 Å². The minimum absolute atomic E-state index is 0.0607. The van der Waals surface area contributed by atoms with E-state index in [-0.39, 0.29) is 12.2 Å². The van der Waals surface area contributed by atoms with E-state index in [9.17, 15) is 4.79 Å². The number of hydrogen-bond acceptors (Lipinski definition) is 2. The van der Waals surface area contributed by atoms with Crippen LogP contribution in [-0.4, -0.2) is 14.9 Å². The Morgan fingerprint density at radius 1 is 1.54 bits per heavy atom. The summed E-state index contributed by atoms with van der Waals surface area (Å²) in [4.78, 5) is 11.6. The van der Waals surface area contributed by atoms with Crippen molar-refractivity contribution >= 4 is 0 Å². The fourth-order valence-electron chi connectivity index (χ4n) is 1.97. The molecule has 0 spiro atoms. The summed E-state index contributed by atoms with van der Waals surface area (Å²) in [5, 5.41) is 11.8. The van der Waals surface area contributed by atoms with Crippen molar-refractivity contribution in [1.82, 2.24) is 9.78 Å². The van der Waals surface area contributed by atoms with E-state index in [0.29, 0.717) is 11.6 Å². The van der Waals surface area contributed by atoms with Gasteiger partial charge >= 0.3 is 0 Å². The molecular formula is C9H14N2O2. The molecule has 1 saturated carbocycles. The van der Waals surface area contributed by atoms with Crippen LogP contribution in [0.3, 0.4) is 0 Å². The second-order valence-electron chi connectivity index (χ2n) is 3.57. The number of hydrogen-bond donors (Lipinski definition) is 2. The van der Waals surface area contributed by atoms with E-state index in [4.69, 9.17) is 5.11 Å². The molecule has 4 heteroatoms. The molecule has 2 N–H and O–H groups in total. The van der Waals surface area contributed by atoms with Crippen LogP contribution in [0.15, 0.2) is 11.0 Å². The first kappa shape index (κ1) is 8.56. The summed E-state index contributed by atoms with van der Waals surface area (Å²) < 4.78 is 1.65. The van der Waals surface area contributed by atoms with E-state index in [1.54, 1.807) is 10.9 Å². The highest BCUT2D eigenvalue weighted by atomic mass is 16.3. The van der Waals surface area contributed by atoms with Gasteiger partial charge in [0.15, 0.2) is 0 Å². The fourth-order valence-corrected chi connectivity index (χ4v) is 1.97. The van der Waals surface area contributed by atoms with Crippen molar-refractivity contribution in [2.45, 2.75) is 38.3 Å². The summed E-state index contributed by atoms with van der Waals surface area (Å²) >= 11 is 0. The van der Waals surface area contributed by atoms with Crippen LogP contribution in [0.4, 0.5) is 0 Å². The van der Waals surface area contributed by atoms with E-state index >= 15 is 0 Å². The quantitative estimate of drug-likeness (QED) is 0.710. The van der Waals surface area contributed by atoms with Crippen LogP contribution < -0.4 is 5.56 Å². The highest BCUT2D eigenvalue weighted by molar-refractivity contribution is 5.03. The van der Waals surface area contributed by atoms with Crippen molar-refractivity contribution < 1.29 is 5.11 Å². The van der Waals surface area contributed by atoms with Crippen LogP contribution in [-0.2, 0) is 6.61 Å². The van der Waals surface area contributed by atoms with Crippen LogP contribution in [0, 0.1) is 0 Å². The lowest BCUT2D eigenvalue weighted by Gasteiger charge is -2.08. The second-order valence-corrected chi connectivity index (χ2v) is 3.57. The Morgan fingerprint density at radius 3 is 2.77 bits per heavy atom. The average Bonchev–Trinajstić information content (AvgIpc) is 2.72. The molecule has 2 rings (SSSR count). The zero-order valence-corrected chi connectivity index (χ0v) is 7.49. The Morgan fingerprint density at radius 2 is 2.23 bits per heavy atom. The Bertz CT molecular complexity index is 334. The van der Waals surface area contributed by atoms with Gasteiger partial charge in [0.25, 0.3) is 5.56 Å². The minimum atomic E-state index is -0.172. The van der Waals surface area contributed by atoms with Gasteiger partial charge in [0.05, 0.1) is 18.2 Å². The van der Waals surface area contributed by atoms with Crippen LogP contribution in [0.5, 0.6) is 0 Å². The molecule has 0 aromatic carbocycles. The molecule has 0 atom stereocenters. The molecule has 0 bridgehead atoms. The lowest BCUT2D eigenvalue weighted by atomic mass is 10.2. The van der Waals surface area contributed by atoms with Gasteiger partial charge in [0.2, 0.25) is 0 Å². The number of aliphatic hydroxyl groups is 1. The van der Waals surface area contributed by atoms with Gasteiger partial charge < -0.3 is 10.2 Å². The van der Waals surface area contributed by atoms with Crippen molar-refractivity contribution in [3.63, 3.8) is 0 Å². The number of aromatic amines is 1. The Balaban J connectivity index is 2.29. The lowest BCUT2D eigenvalue weighted by Crippen LogP contribution is -2.22. The lowest BCUT2D eigenvalue weighted by molar-refractivity contribution is 0.280. The van der Waals surface area contributed by atoms with Crippen LogP contribution in [0.2, 0.25) is 0 Å². The van der Waals surface area contributed by atoms with Gasteiger partial charge in [0, 0.05) is 6.20 Å². The van der Waals surface area contributed by atoms with E-state index in [1.165, 1.54) is 12.8 Å². The standard InChI is InChI=1S/C9H14N2O2/c12-6-7-5-10-11(9(7)13)8-3-1-2-4-8/h5,8,10,12H,1-4,6H2. The van der Waals surface area contributed by atoms with Crippen molar-refractivity contribution in [3.05, 3.63) is 22.1 Å². The number of rotatable bonds is 2. The highest BCUT2D eigenvalue weighted by Crippen LogP contribution is 2.27.